The maximum absolute atomic E-state index is 11.7. The fraction of sp³-hybridized carbons (Fsp3) is 0.235. The minimum Gasteiger partial charge on any atom is -0.492 e. The molecule has 1 heterocycles. The van der Waals surface area contributed by atoms with Crippen molar-refractivity contribution in [2.24, 2.45) is 0 Å². The standard InChI is InChI=1S/C17H16O3/c1-17(13-6-4-3-5-7-13)11-20-15-9-8-12(10-14(15)17)16(18)19-2/h3-10H,11H2,1-2H3/t17-/m1/s1. The first kappa shape index (κ1) is 12.7. The molecule has 0 amide bonds. The van der Waals surface area contributed by atoms with Gasteiger partial charge in [-0.2, -0.15) is 0 Å². The normalized spacial score (nSPS) is 20.1. The number of carbonyl (C=O) groups is 1. The Morgan fingerprint density at radius 1 is 1.20 bits per heavy atom. The molecule has 0 saturated carbocycles. The molecule has 102 valence electrons. The van der Waals surface area contributed by atoms with E-state index in [1.54, 1.807) is 6.07 Å². The second kappa shape index (κ2) is 4.67. The lowest BCUT2D eigenvalue weighted by molar-refractivity contribution is 0.0600. The lowest BCUT2D eigenvalue weighted by atomic mass is 9.77. The summed E-state index contributed by atoms with van der Waals surface area (Å²) < 4.78 is 10.6. The van der Waals surface area contributed by atoms with E-state index in [1.807, 2.05) is 30.3 Å². The van der Waals surface area contributed by atoms with E-state index in [2.05, 4.69) is 19.1 Å². The number of hydrogen-bond acceptors (Lipinski definition) is 3. The van der Waals surface area contributed by atoms with Crippen LogP contribution in [0.3, 0.4) is 0 Å². The zero-order valence-corrected chi connectivity index (χ0v) is 11.6. The van der Waals surface area contributed by atoms with Gasteiger partial charge in [0.05, 0.1) is 18.1 Å². The quantitative estimate of drug-likeness (QED) is 0.785. The number of carbonyl (C=O) groups excluding carboxylic acids is 1. The van der Waals surface area contributed by atoms with Gasteiger partial charge in [0.1, 0.15) is 12.4 Å². The van der Waals surface area contributed by atoms with Crippen LogP contribution >= 0.6 is 0 Å². The van der Waals surface area contributed by atoms with Crippen molar-refractivity contribution in [3.8, 4) is 5.75 Å². The van der Waals surface area contributed by atoms with Crippen molar-refractivity contribution in [3.63, 3.8) is 0 Å². The molecule has 0 unspecified atom stereocenters. The van der Waals surface area contributed by atoms with Crippen LogP contribution in [0.5, 0.6) is 5.75 Å². The Bertz CT molecular complexity index is 649. The van der Waals surface area contributed by atoms with E-state index in [4.69, 9.17) is 9.47 Å². The Morgan fingerprint density at radius 2 is 1.95 bits per heavy atom. The van der Waals surface area contributed by atoms with Crippen LogP contribution in [0.4, 0.5) is 0 Å². The molecule has 3 nitrogen and oxygen atoms in total. The molecule has 0 N–H and O–H groups in total. The number of rotatable bonds is 2. The van der Waals surface area contributed by atoms with Gasteiger partial charge in [-0.1, -0.05) is 30.3 Å². The van der Waals surface area contributed by atoms with E-state index in [0.717, 1.165) is 11.3 Å². The summed E-state index contributed by atoms with van der Waals surface area (Å²) >= 11 is 0. The van der Waals surface area contributed by atoms with Gasteiger partial charge < -0.3 is 9.47 Å². The van der Waals surface area contributed by atoms with Crippen molar-refractivity contribution in [2.45, 2.75) is 12.3 Å². The Labute approximate surface area is 118 Å². The van der Waals surface area contributed by atoms with Gasteiger partial charge in [-0.3, -0.25) is 0 Å². The van der Waals surface area contributed by atoms with E-state index in [1.165, 1.54) is 12.7 Å². The molecule has 0 radical (unpaired) electrons. The Hall–Kier alpha value is -2.29. The maximum atomic E-state index is 11.7. The van der Waals surface area contributed by atoms with Crippen molar-refractivity contribution in [1.29, 1.82) is 0 Å². The Kier molecular flexibility index (Phi) is 2.97. The number of hydrogen-bond donors (Lipinski definition) is 0. The highest BCUT2D eigenvalue weighted by molar-refractivity contribution is 5.90. The van der Waals surface area contributed by atoms with Crippen molar-refractivity contribution < 1.29 is 14.3 Å². The van der Waals surface area contributed by atoms with Crippen LogP contribution < -0.4 is 4.74 Å². The van der Waals surface area contributed by atoms with Gasteiger partial charge in [0.2, 0.25) is 0 Å². The molecule has 3 rings (SSSR count). The van der Waals surface area contributed by atoms with Gasteiger partial charge >= 0.3 is 5.97 Å². The van der Waals surface area contributed by atoms with Crippen LogP contribution in [0.15, 0.2) is 48.5 Å². The van der Waals surface area contributed by atoms with E-state index in [-0.39, 0.29) is 11.4 Å². The van der Waals surface area contributed by atoms with Gasteiger partial charge in [0.15, 0.2) is 0 Å². The van der Waals surface area contributed by atoms with Crippen LogP contribution in [-0.4, -0.2) is 19.7 Å². The van der Waals surface area contributed by atoms with E-state index in [9.17, 15) is 4.79 Å². The number of fused-ring (bicyclic) bond motifs is 1. The first-order valence-electron chi connectivity index (χ1n) is 6.56. The molecule has 20 heavy (non-hydrogen) atoms. The van der Waals surface area contributed by atoms with Crippen molar-refractivity contribution in [1.82, 2.24) is 0 Å². The van der Waals surface area contributed by atoms with Crippen molar-refractivity contribution in [2.75, 3.05) is 13.7 Å². The molecule has 3 heteroatoms. The van der Waals surface area contributed by atoms with Gasteiger partial charge in [-0.25, -0.2) is 4.79 Å². The molecule has 0 spiro atoms. The first-order chi connectivity index (χ1) is 9.65. The highest BCUT2D eigenvalue weighted by Crippen LogP contribution is 2.43. The third-order valence-corrected chi connectivity index (χ3v) is 3.92. The van der Waals surface area contributed by atoms with E-state index in [0.29, 0.717) is 12.2 Å². The summed E-state index contributed by atoms with van der Waals surface area (Å²) in [4.78, 5) is 11.7. The number of methoxy groups -OCH3 is 1. The summed E-state index contributed by atoms with van der Waals surface area (Å²) in [6, 6.07) is 15.7. The SMILES string of the molecule is COC(=O)c1ccc2c(c1)[C@@](C)(c1ccccc1)CO2. The second-order valence-corrected chi connectivity index (χ2v) is 5.19. The Morgan fingerprint density at radius 3 is 2.65 bits per heavy atom. The summed E-state index contributed by atoms with van der Waals surface area (Å²) in [5.74, 6) is 0.513. The first-order valence-corrected chi connectivity index (χ1v) is 6.56. The summed E-state index contributed by atoms with van der Waals surface area (Å²) in [6.07, 6.45) is 0. The van der Waals surface area contributed by atoms with Gasteiger partial charge in [-0.15, -0.1) is 0 Å². The predicted octanol–water partition coefficient (Wildman–Crippen LogP) is 3.17. The zero-order chi connectivity index (χ0) is 14.2. The molecule has 2 aromatic rings. The molecular formula is C17H16O3. The van der Waals surface area contributed by atoms with Crippen LogP contribution in [0.25, 0.3) is 0 Å². The summed E-state index contributed by atoms with van der Waals surface area (Å²) in [5, 5.41) is 0. The summed E-state index contributed by atoms with van der Waals surface area (Å²) in [7, 11) is 1.39. The average molecular weight is 268 g/mol. The van der Waals surface area contributed by atoms with Crippen LogP contribution in [0.2, 0.25) is 0 Å². The third-order valence-electron chi connectivity index (χ3n) is 3.92. The summed E-state index contributed by atoms with van der Waals surface area (Å²) in [5.41, 5.74) is 2.53. The van der Waals surface area contributed by atoms with Crippen LogP contribution in [0.1, 0.15) is 28.4 Å². The topological polar surface area (TPSA) is 35.5 Å². The van der Waals surface area contributed by atoms with Gasteiger partial charge in [-0.05, 0) is 30.7 Å². The zero-order valence-electron chi connectivity index (χ0n) is 11.6. The van der Waals surface area contributed by atoms with Crippen molar-refractivity contribution in [3.05, 3.63) is 65.2 Å². The third kappa shape index (κ3) is 1.86. The molecule has 0 saturated heterocycles. The predicted molar refractivity (Wildman–Crippen MR) is 76.2 cm³/mol. The molecule has 2 aromatic carbocycles. The second-order valence-electron chi connectivity index (χ2n) is 5.19. The van der Waals surface area contributed by atoms with Crippen LogP contribution in [0, 0.1) is 0 Å². The monoisotopic (exact) mass is 268 g/mol. The average Bonchev–Trinajstić information content (AvgIpc) is 2.85. The highest BCUT2D eigenvalue weighted by atomic mass is 16.5. The molecule has 1 atom stereocenters. The Balaban J connectivity index is 2.11. The maximum Gasteiger partial charge on any atom is 0.337 e. The van der Waals surface area contributed by atoms with Crippen molar-refractivity contribution >= 4 is 5.97 Å². The molecular weight excluding hydrogens is 252 g/mol. The number of benzene rings is 2. The van der Waals surface area contributed by atoms with Crippen LogP contribution in [-0.2, 0) is 10.2 Å². The minimum absolute atomic E-state index is 0.235. The lowest BCUT2D eigenvalue weighted by Gasteiger charge is -2.23. The van der Waals surface area contributed by atoms with E-state index >= 15 is 0 Å². The highest BCUT2D eigenvalue weighted by Gasteiger charge is 2.38. The molecule has 0 bridgehead atoms. The molecule has 1 aliphatic heterocycles. The number of esters is 1. The largest absolute Gasteiger partial charge is 0.492 e. The molecule has 0 aromatic heterocycles. The van der Waals surface area contributed by atoms with Gasteiger partial charge in [0.25, 0.3) is 0 Å². The lowest BCUT2D eigenvalue weighted by Crippen LogP contribution is -2.25. The van der Waals surface area contributed by atoms with Gasteiger partial charge in [0, 0.05) is 5.56 Å². The molecule has 0 fully saturated rings. The molecule has 0 aliphatic carbocycles. The fourth-order valence-corrected chi connectivity index (χ4v) is 2.68. The fourth-order valence-electron chi connectivity index (χ4n) is 2.68. The van der Waals surface area contributed by atoms with E-state index < -0.39 is 0 Å². The summed E-state index contributed by atoms with van der Waals surface area (Å²) in [6.45, 7) is 2.71. The molecule has 1 aliphatic rings. The minimum atomic E-state index is -0.324. The smallest absolute Gasteiger partial charge is 0.337 e. The number of ether oxygens (including phenoxy) is 2.